The number of thioether (sulfide) groups is 1. The van der Waals surface area contributed by atoms with Gasteiger partial charge in [-0.25, -0.2) is 0 Å². The van der Waals surface area contributed by atoms with Gasteiger partial charge in [-0.3, -0.25) is 9.59 Å². The van der Waals surface area contributed by atoms with E-state index >= 15 is 0 Å². The van der Waals surface area contributed by atoms with Crippen molar-refractivity contribution in [2.24, 2.45) is 0 Å². The third kappa shape index (κ3) is 3.33. The van der Waals surface area contributed by atoms with Gasteiger partial charge in [0.25, 0.3) is 0 Å². The van der Waals surface area contributed by atoms with Crippen LogP contribution in [0, 0.1) is 0 Å². The number of aryl methyl sites for hydroxylation is 1. The molecule has 5 heteroatoms. The zero-order valence-electron chi connectivity index (χ0n) is 11.5. The molecule has 1 atom stereocenters. The van der Waals surface area contributed by atoms with Crippen molar-refractivity contribution in [1.82, 2.24) is 4.90 Å². The molecule has 1 aromatic carbocycles. The van der Waals surface area contributed by atoms with Crippen LogP contribution in [-0.4, -0.2) is 40.7 Å². The molecular weight excluding hydrogens is 274 g/mol. The van der Waals surface area contributed by atoms with Crippen LogP contribution in [-0.2, 0) is 16.0 Å². The number of aliphatic carboxylic acids is 1. The topological polar surface area (TPSA) is 57.6 Å². The average Bonchev–Trinajstić information content (AvgIpc) is 2.46. The maximum Gasteiger partial charge on any atom is 0.305 e. The number of carboxylic acid groups (broad SMARTS) is 1. The van der Waals surface area contributed by atoms with E-state index in [0.29, 0.717) is 6.54 Å². The Morgan fingerprint density at radius 3 is 2.85 bits per heavy atom. The molecule has 0 bridgehead atoms. The van der Waals surface area contributed by atoms with E-state index in [2.05, 4.69) is 6.07 Å². The second-order valence-corrected chi connectivity index (χ2v) is 5.97. The highest BCUT2D eigenvalue weighted by Gasteiger charge is 2.29. The van der Waals surface area contributed by atoms with Crippen molar-refractivity contribution in [1.29, 1.82) is 0 Å². The van der Waals surface area contributed by atoms with Crippen LogP contribution in [0.5, 0.6) is 0 Å². The molecule has 4 nitrogen and oxygen atoms in total. The Morgan fingerprint density at radius 1 is 1.40 bits per heavy atom. The predicted octanol–water partition coefficient (Wildman–Crippen LogP) is 2.34. The molecule has 1 aliphatic rings. The van der Waals surface area contributed by atoms with Gasteiger partial charge in [0.1, 0.15) is 5.25 Å². The number of benzene rings is 1. The normalized spacial score (nSPS) is 17.4. The number of carbonyl (C=O) groups is 2. The Hall–Kier alpha value is -1.49. The quantitative estimate of drug-likeness (QED) is 0.905. The van der Waals surface area contributed by atoms with Crippen LogP contribution >= 0.6 is 11.8 Å². The molecule has 0 fully saturated rings. The summed E-state index contributed by atoms with van der Waals surface area (Å²) in [6.07, 6.45) is 0.991. The molecule has 0 radical (unpaired) electrons. The van der Waals surface area contributed by atoms with Crippen molar-refractivity contribution in [3.05, 3.63) is 35.4 Å². The minimum atomic E-state index is -0.868. The molecule has 1 amide bonds. The van der Waals surface area contributed by atoms with Gasteiger partial charge in [0.15, 0.2) is 0 Å². The molecule has 1 N–H and O–H groups in total. The standard InChI is InChI=1S/C15H19NO3S/c1-2-16(9-7-13(17)18)15(19)14-12-6-4-3-5-11(12)8-10-20-14/h3-6,14H,2,7-10H2,1H3,(H,17,18)/t14-/m0/s1. The highest BCUT2D eigenvalue weighted by atomic mass is 32.2. The van der Waals surface area contributed by atoms with Crippen molar-refractivity contribution in [2.45, 2.75) is 25.0 Å². The van der Waals surface area contributed by atoms with Gasteiger partial charge in [0.2, 0.25) is 5.91 Å². The van der Waals surface area contributed by atoms with Gasteiger partial charge >= 0.3 is 5.97 Å². The third-order valence-corrected chi connectivity index (χ3v) is 4.74. The number of likely N-dealkylation sites (N-methyl/N-ethyl adjacent to an activating group) is 1. The fraction of sp³-hybridized carbons (Fsp3) is 0.467. The lowest BCUT2D eigenvalue weighted by Gasteiger charge is -2.29. The number of amides is 1. The molecule has 1 aromatic rings. The predicted molar refractivity (Wildman–Crippen MR) is 79.9 cm³/mol. The van der Waals surface area contributed by atoms with Crippen LogP contribution in [0.1, 0.15) is 29.7 Å². The molecule has 0 saturated heterocycles. The molecule has 1 heterocycles. The number of hydrogen-bond acceptors (Lipinski definition) is 3. The molecule has 0 aromatic heterocycles. The third-order valence-electron chi connectivity index (χ3n) is 3.51. The van der Waals surface area contributed by atoms with Gasteiger partial charge in [0.05, 0.1) is 6.42 Å². The van der Waals surface area contributed by atoms with E-state index in [0.717, 1.165) is 17.7 Å². The van der Waals surface area contributed by atoms with Crippen LogP contribution in [0.2, 0.25) is 0 Å². The lowest BCUT2D eigenvalue weighted by Crippen LogP contribution is -2.36. The van der Waals surface area contributed by atoms with Crippen molar-refractivity contribution >= 4 is 23.6 Å². The van der Waals surface area contributed by atoms with Crippen molar-refractivity contribution < 1.29 is 14.7 Å². The Balaban J connectivity index is 2.14. The van der Waals surface area contributed by atoms with Gasteiger partial charge in [0, 0.05) is 13.1 Å². The van der Waals surface area contributed by atoms with E-state index in [1.807, 2.05) is 25.1 Å². The zero-order chi connectivity index (χ0) is 14.5. The smallest absolute Gasteiger partial charge is 0.305 e. The Morgan fingerprint density at radius 2 is 2.15 bits per heavy atom. The summed E-state index contributed by atoms with van der Waals surface area (Å²) in [6, 6.07) is 8.04. The zero-order valence-corrected chi connectivity index (χ0v) is 12.4. The number of rotatable bonds is 5. The summed E-state index contributed by atoms with van der Waals surface area (Å²) in [5.74, 6) is 0.100. The highest BCUT2D eigenvalue weighted by molar-refractivity contribution is 8.00. The van der Waals surface area contributed by atoms with Gasteiger partial charge in [-0.05, 0) is 30.2 Å². The van der Waals surface area contributed by atoms with E-state index in [9.17, 15) is 9.59 Å². The fourth-order valence-electron chi connectivity index (χ4n) is 2.42. The summed E-state index contributed by atoms with van der Waals surface area (Å²) in [5.41, 5.74) is 2.32. The van der Waals surface area contributed by atoms with Crippen molar-refractivity contribution in [3.8, 4) is 0 Å². The van der Waals surface area contributed by atoms with Crippen LogP contribution in [0.15, 0.2) is 24.3 Å². The second kappa shape index (κ2) is 6.79. The molecule has 0 aliphatic carbocycles. The molecule has 1 aliphatic heterocycles. The summed E-state index contributed by atoms with van der Waals surface area (Å²) in [5, 5.41) is 8.58. The molecule has 2 rings (SSSR count). The Bertz CT molecular complexity index is 504. The van der Waals surface area contributed by atoms with Crippen LogP contribution < -0.4 is 0 Å². The molecule has 108 valence electrons. The van der Waals surface area contributed by atoms with E-state index in [1.165, 1.54) is 5.56 Å². The van der Waals surface area contributed by atoms with E-state index in [4.69, 9.17) is 5.11 Å². The number of hydrogen-bond donors (Lipinski definition) is 1. The number of nitrogens with zero attached hydrogens (tertiary/aromatic N) is 1. The van der Waals surface area contributed by atoms with E-state index in [1.54, 1.807) is 16.7 Å². The van der Waals surface area contributed by atoms with Crippen LogP contribution in [0.3, 0.4) is 0 Å². The molecular formula is C15H19NO3S. The first-order valence-corrected chi connectivity index (χ1v) is 7.88. The Kier molecular flexibility index (Phi) is 5.06. The van der Waals surface area contributed by atoms with E-state index in [-0.39, 0.29) is 24.1 Å². The molecule has 0 saturated carbocycles. The minimum absolute atomic E-state index is 0.00138. The molecule has 0 unspecified atom stereocenters. The monoisotopic (exact) mass is 293 g/mol. The number of carboxylic acids is 1. The Labute approximate surface area is 123 Å². The highest BCUT2D eigenvalue weighted by Crippen LogP contribution is 2.37. The maximum atomic E-state index is 12.6. The lowest BCUT2D eigenvalue weighted by molar-refractivity contribution is -0.138. The fourth-order valence-corrected chi connectivity index (χ4v) is 3.69. The second-order valence-electron chi connectivity index (χ2n) is 4.76. The van der Waals surface area contributed by atoms with Crippen molar-refractivity contribution in [3.63, 3.8) is 0 Å². The van der Waals surface area contributed by atoms with Crippen LogP contribution in [0.25, 0.3) is 0 Å². The average molecular weight is 293 g/mol. The summed E-state index contributed by atoms with van der Waals surface area (Å²) in [6.45, 7) is 2.72. The minimum Gasteiger partial charge on any atom is -0.481 e. The van der Waals surface area contributed by atoms with Gasteiger partial charge < -0.3 is 10.0 Å². The van der Waals surface area contributed by atoms with E-state index < -0.39 is 5.97 Å². The maximum absolute atomic E-state index is 12.6. The van der Waals surface area contributed by atoms with Crippen LogP contribution in [0.4, 0.5) is 0 Å². The molecule has 0 spiro atoms. The largest absolute Gasteiger partial charge is 0.481 e. The SMILES string of the molecule is CCN(CCC(=O)O)C(=O)[C@H]1SCCc2ccccc21. The molecule has 20 heavy (non-hydrogen) atoms. The van der Waals surface area contributed by atoms with Gasteiger partial charge in [-0.15, -0.1) is 11.8 Å². The first-order chi connectivity index (χ1) is 9.63. The summed E-state index contributed by atoms with van der Waals surface area (Å²) in [7, 11) is 0. The number of carbonyl (C=O) groups excluding carboxylic acids is 1. The van der Waals surface area contributed by atoms with Gasteiger partial charge in [-0.1, -0.05) is 24.3 Å². The summed E-state index contributed by atoms with van der Waals surface area (Å²) < 4.78 is 0. The summed E-state index contributed by atoms with van der Waals surface area (Å²) >= 11 is 1.65. The number of fused-ring (bicyclic) bond motifs is 1. The van der Waals surface area contributed by atoms with Gasteiger partial charge in [-0.2, -0.15) is 0 Å². The first-order valence-electron chi connectivity index (χ1n) is 6.83. The first kappa shape index (κ1) is 14.9. The summed E-state index contributed by atoms with van der Waals surface area (Å²) in [4.78, 5) is 24.9. The lowest BCUT2D eigenvalue weighted by atomic mass is 10.0. The van der Waals surface area contributed by atoms with Crippen molar-refractivity contribution in [2.75, 3.05) is 18.8 Å².